The third-order valence-corrected chi connectivity index (χ3v) is 6.14. The van der Waals surface area contributed by atoms with Crippen molar-refractivity contribution in [2.45, 2.75) is 163 Å². The van der Waals surface area contributed by atoms with Crippen molar-refractivity contribution in [3.05, 3.63) is 60.8 Å². The van der Waals surface area contributed by atoms with Gasteiger partial charge < -0.3 is 49.5 Å². The Kier molecular flexibility index (Phi) is 65.7. The van der Waals surface area contributed by atoms with Gasteiger partial charge in [0.25, 0.3) is 0 Å². The summed E-state index contributed by atoms with van der Waals surface area (Å²) in [6, 6.07) is 0. The first-order chi connectivity index (χ1) is 23.9. The van der Waals surface area contributed by atoms with Crippen molar-refractivity contribution in [2.75, 3.05) is 0 Å². The molecule has 0 fully saturated rings. The average Bonchev–Trinajstić information content (AvgIpc) is 3.05. The van der Waals surface area contributed by atoms with E-state index >= 15 is 0 Å². The summed E-state index contributed by atoms with van der Waals surface area (Å²) in [7, 11) is 0. The Morgan fingerprint density at radius 1 is 0.314 bits per heavy atom. The third kappa shape index (κ3) is 92.8. The Balaban J connectivity index is -0.000000123. The van der Waals surface area contributed by atoms with E-state index in [1.165, 1.54) is 32.1 Å². The van der Waals surface area contributed by atoms with Crippen molar-refractivity contribution in [1.82, 2.24) is 0 Å². The van der Waals surface area contributed by atoms with Crippen LogP contribution in [0.3, 0.4) is 0 Å². The predicted octanol–water partition coefficient (Wildman–Crippen LogP) is 4.36. The molecular formula is C40H65O10V. The number of carbonyl (C=O) groups is 5. The summed E-state index contributed by atoms with van der Waals surface area (Å²) in [5.74, 6) is -5.50. The maximum atomic E-state index is 9.83. The SMILES string of the molecule is CCCCCC=CC(=O)[O-].CCCCCC=CC(=O)[O-].CCCCCC=CC(=O)[O-].CCCCCC=CC(=O)[O-].CCCCCC=CC(=O)[O-].[V+5]. The molecule has 0 aromatic carbocycles. The minimum Gasteiger partial charge on any atom is -0.545 e. The first kappa shape index (κ1) is 59.8. The summed E-state index contributed by atoms with van der Waals surface area (Å²) >= 11 is 0. The Hall–Kier alpha value is -3.37. The second kappa shape index (κ2) is 56.0. The molecule has 0 radical (unpaired) electrons. The van der Waals surface area contributed by atoms with E-state index in [9.17, 15) is 49.5 Å². The van der Waals surface area contributed by atoms with Crippen LogP contribution in [-0.4, -0.2) is 29.8 Å². The van der Waals surface area contributed by atoms with Crippen LogP contribution in [0.25, 0.3) is 0 Å². The van der Waals surface area contributed by atoms with Crippen molar-refractivity contribution in [3.8, 4) is 0 Å². The summed E-state index contributed by atoms with van der Waals surface area (Å²) in [6.45, 7) is 10.6. The van der Waals surface area contributed by atoms with Gasteiger partial charge in [-0.15, -0.1) is 0 Å². The first-order valence-corrected chi connectivity index (χ1v) is 18.2. The quantitative estimate of drug-likeness (QED) is 0.0952. The normalized spacial score (nSPS) is 10.3. The Labute approximate surface area is 320 Å². The molecule has 0 amide bonds. The van der Waals surface area contributed by atoms with Crippen LogP contribution >= 0.6 is 0 Å². The number of carbonyl (C=O) groups excluding carboxylic acids is 5. The van der Waals surface area contributed by atoms with Crippen LogP contribution < -0.4 is 25.5 Å². The van der Waals surface area contributed by atoms with Gasteiger partial charge >= 0.3 is 18.6 Å². The van der Waals surface area contributed by atoms with Gasteiger partial charge in [0.1, 0.15) is 0 Å². The minimum atomic E-state index is -1.10. The molecule has 0 rings (SSSR count). The van der Waals surface area contributed by atoms with Gasteiger partial charge in [-0.05, 0) is 94.6 Å². The summed E-state index contributed by atoms with van der Waals surface area (Å²) in [5, 5.41) is 49.2. The molecule has 290 valence electrons. The standard InChI is InChI=1S/5C8H14O2.V/c5*1-2-3-4-5-6-7-8(9)10;/h5*6-7H,2-5H2,1H3,(H,9,10);/q;;;;;+5/p-5. The van der Waals surface area contributed by atoms with Gasteiger partial charge in [-0.1, -0.05) is 129 Å². The van der Waals surface area contributed by atoms with Gasteiger partial charge in [0, 0.05) is 0 Å². The fraction of sp³-hybridized carbons (Fsp3) is 0.625. The molecule has 0 aromatic rings. The monoisotopic (exact) mass is 756 g/mol. The fourth-order valence-corrected chi connectivity index (χ4v) is 3.46. The van der Waals surface area contributed by atoms with Gasteiger partial charge in [-0.3, -0.25) is 0 Å². The maximum absolute atomic E-state index is 9.83. The number of allylic oxidation sites excluding steroid dienone is 5. The summed E-state index contributed by atoms with van der Waals surface area (Å²) in [5.41, 5.74) is 0. The van der Waals surface area contributed by atoms with Crippen LogP contribution in [0.15, 0.2) is 60.8 Å². The van der Waals surface area contributed by atoms with E-state index in [0.29, 0.717) is 0 Å². The zero-order valence-electron chi connectivity index (χ0n) is 31.9. The molecule has 0 saturated carbocycles. The van der Waals surface area contributed by atoms with Crippen molar-refractivity contribution >= 4 is 29.8 Å². The summed E-state index contributed by atoms with van der Waals surface area (Å²) in [6.07, 6.45) is 34.9. The van der Waals surface area contributed by atoms with Crippen LogP contribution in [0.2, 0.25) is 0 Å². The summed E-state index contributed by atoms with van der Waals surface area (Å²) < 4.78 is 0. The van der Waals surface area contributed by atoms with E-state index in [2.05, 4.69) is 34.6 Å². The smallest absolute Gasteiger partial charge is 0.545 e. The molecule has 0 aliphatic carbocycles. The average molecular weight is 757 g/mol. The van der Waals surface area contributed by atoms with E-state index < -0.39 is 29.8 Å². The van der Waals surface area contributed by atoms with E-state index in [1.54, 1.807) is 30.4 Å². The molecule has 0 saturated heterocycles. The van der Waals surface area contributed by atoms with E-state index in [4.69, 9.17) is 0 Å². The van der Waals surface area contributed by atoms with Gasteiger partial charge in [0.05, 0.1) is 29.8 Å². The molecule has 0 aliphatic heterocycles. The maximum Gasteiger partial charge on any atom is 5.00 e. The van der Waals surface area contributed by atoms with Gasteiger partial charge in [-0.25, -0.2) is 0 Å². The molecule has 0 heterocycles. The van der Waals surface area contributed by atoms with Crippen LogP contribution in [0.5, 0.6) is 0 Å². The number of aliphatic carboxylic acids is 5. The van der Waals surface area contributed by atoms with Crippen molar-refractivity contribution in [2.24, 2.45) is 0 Å². The van der Waals surface area contributed by atoms with Crippen molar-refractivity contribution in [1.29, 1.82) is 0 Å². The predicted molar refractivity (Wildman–Crippen MR) is 191 cm³/mol. The minimum absolute atomic E-state index is 0. The van der Waals surface area contributed by atoms with Gasteiger partial charge in [0.2, 0.25) is 0 Å². The van der Waals surface area contributed by atoms with E-state index in [1.807, 2.05) is 0 Å². The first-order valence-electron chi connectivity index (χ1n) is 18.2. The van der Waals surface area contributed by atoms with Crippen LogP contribution in [-0.2, 0) is 42.5 Å². The van der Waals surface area contributed by atoms with Crippen molar-refractivity contribution < 1.29 is 68.1 Å². The van der Waals surface area contributed by atoms with E-state index in [-0.39, 0.29) is 18.6 Å². The molecule has 0 aromatic heterocycles. The molecule has 0 spiro atoms. The van der Waals surface area contributed by atoms with Crippen LogP contribution in [0.1, 0.15) is 163 Å². The second-order valence-corrected chi connectivity index (χ2v) is 11.1. The summed E-state index contributed by atoms with van der Waals surface area (Å²) in [4.78, 5) is 49.2. The molecule has 0 N–H and O–H groups in total. The number of hydrogen-bond acceptors (Lipinski definition) is 10. The number of rotatable bonds is 25. The Morgan fingerprint density at radius 2 is 0.451 bits per heavy atom. The van der Waals surface area contributed by atoms with Crippen molar-refractivity contribution in [3.63, 3.8) is 0 Å². The molecule has 51 heavy (non-hydrogen) atoms. The largest absolute Gasteiger partial charge is 5.00 e. The fourth-order valence-electron chi connectivity index (χ4n) is 3.46. The number of unbranched alkanes of at least 4 members (excludes halogenated alkanes) is 15. The Bertz CT molecular complexity index is 763. The molecule has 0 bridgehead atoms. The van der Waals surface area contributed by atoms with Gasteiger partial charge in [0.15, 0.2) is 0 Å². The number of carboxylic acid groups (broad SMARTS) is 5. The van der Waals surface area contributed by atoms with E-state index in [0.717, 1.165) is 127 Å². The zero-order chi connectivity index (χ0) is 39.1. The number of carboxylic acids is 5. The topological polar surface area (TPSA) is 201 Å². The van der Waals surface area contributed by atoms with Gasteiger partial charge in [-0.2, -0.15) is 0 Å². The Morgan fingerprint density at radius 3 is 0.549 bits per heavy atom. The third-order valence-electron chi connectivity index (χ3n) is 6.14. The molecule has 11 heteroatoms. The molecule has 0 atom stereocenters. The molecule has 10 nitrogen and oxygen atoms in total. The molecule has 0 unspecified atom stereocenters. The zero-order valence-corrected chi connectivity index (χ0v) is 33.3. The molecular weight excluding hydrogens is 691 g/mol. The number of hydrogen-bond donors (Lipinski definition) is 0. The van der Waals surface area contributed by atoms with Crippen LogP contribution in [0, 0.1) is 0 Å². The molecule has 0 aliphatic rings. The second-order valence-electron chi connectivity index (χ2n) is 11.1. The van der Waals surface area contributed by atoms with Crippen LogP contribution in [0.4, 0.5) is 0 Å².